The summed E-state index contributed by atoms with van der Waals surface area (Å²) in [6.07, 6.45) is 0.0735. The number of carbonyl (C=O) groups excluding carboxylic acids is 2. The number of carbonyl (C=O) groups is 2. The molecule has 2 unspecified atom stereocenters. The number of ether oxygens (including phenoxy) is 1. The first-order chi connectivity index (χ1) is 12.1. The first-order valence-corrected chi connectivity index (χ1v) is 8.27. The van der Waals surface area contributed by atoms with Crippen molar-refractivity contribution in [2.75, 3.05) is 6.61 Å². The van der Waals surface area contributed by atoms with Crippen LogP contribution in [0.2, 0.25) is 0 Å². The van der Waals surface area contributed by atoms with Crippen molar-refractivity contribution in [1.29, 1.82) is 5.26 Å². The average Bonchev–Trinajstić information content (AvgIpc) is 2.63. The molecule has 128 valence electrons. The second kappa shape index (κ2) is 8.79. The monoisotopic (exact) mass is 335 g/mol. The summed E-state index contributed by atoms with van der Waals surface area (Å²) < 4.78 is 5.04. The van der Waals surface area contributed by atoms with Crippen LogP contribution in [0.5, 0.6) is 0 Å². The largest absolute Gasteiger partial charge is 0.465 e. The Hall–Kier alpha value is -2.93. The van der Waals surface area contributed by atoms with Crippen molar-refractivity contribution in [2.45, 2.75) is 26.2 Å². The molecule has 2 aromatic rings. The maximum Gasteiger partial charge on any atom is 0.323 e. The van der Waals surface area contributed by atoms with Crippen LogP contribution in [0.3, 0.4) is 0 Å². The van der Waals surface area contributed by atoms with E-state index >= 15 is 0 Å². The zero-order valence-corrected chi connectivity index (χ0v) is 14.4. The molecule has 0 fully saturated rings. The third-order valence-electron chi connectivity index (χ3n) is 4.09. The first kappa shape index (κ1) is 18.4. The SMILES string of the molecule is CCOC(=O)C(C#N)C(CC(=O)c1ccccc1)c1ccc(C)cc1. The smallest absolute Gasteiger partial charge is 0.323 e. The lowest BCUT2D eigenvalue weighted by molar-refractivity contribution is -0.146. The zero-order valence-electron chi connectivity index (χ0n) is 14.4. The van der Waals surface area contributed by atoms with Crippen molar-refractivity contribution >= 4 is 11.8 Å². The van der Waals surface area contributed by atoms with Gasteiger partial charge in [0.25, 0.3) is 0 Å². The van der Waals surface area contributed by atoms with Crippen LogP contribution >= 0.6 is 0 Å². The molecule has 0 aliphatic carbocycles. The third kappa shape index (κ3) is 4.77. The molecule has 0 radical (unpaired) electrons. The second-order valence-electron chi connectivity index (χ2n) is 5.87. The van der Waals surface area contributed by atoms with E-state index in [4.69, 9.17) is 4.74 Å². The summed E-state index contributed by atoms with van der Waals surface area (Å²) in [5.41, 5.74) is 2.43. The lowest BCUT2D eigenvalue weighted by atomic mass is 9.82. The van der Waals surface area contributed by atoms with Gasteiger partial charge in [0.05, 0.1) is 12.7 Å². The second-order valence-corrected chi connectivity index (χ2v) is 5.87. The minimum Gasteiger partial charge on any atom is -0.465 e. The Bertz CT molecular complexity index is 760. The van der Waals surface area contributed by atoms with Gasteiger partial charge in [-0.2, -0.15) is 5.26 Å². The molecular formula is C21H21NO3. The van der Waals surface area contributed by atoms with E-state index in [2.05, 4.69) is 0 Å². The molecule has 0 heterocycles. The summed E-state index contributed by atoms with van der Waals surface area (Å²) >= 11 is 0. The normalized spacial score (nSPS) is 12.7. The van der Waals surface area contributed by atoms with Crippen molar-refractivity contribution in [3.05, 3.63) is 71.3 Å². The van der Waals surface area contributed by atoms with Crippen LogP contribution in [0.15, 0.2) is 54.6 Å². The minimum atomic E-state index is -1.02. The number of hydrogen-bond donors (Lipinski definition) is 0. The molecule has 0 N–H and O–H groups in total. The molecule has 4 heteroatoms. The number of Topliss-reactive ketones (excluding diaryl/α,β-unsaturated/α-hetero) is 1. The molecule has 0 spiro atoms. The fourth-order valence-electron chi connectivity index (χ4n) is 2.72. The van der Waals surface area contributed by atoms with Crippen LogP contribution in [-0.2, 0) is 9.53 Å². The lowest BCUT2D eigenvalue weighted by Crippen LogP contribution is -2.25. The first-order valence-electron chi connectivity index (χ1n) is 8.27. The number of benzene rings is 2. The number of hydrogen-bond acceptors (Lipinski definition) is 4. The molecule has 0 aliphatic heterocycles. The topological polar surface area (TPSA) is 67.2 Å². The fourth-order valence-corrected chi connectivity index (χ4v) is 2.72. The van der Waals surface area contributed by atoms with E-state index in [-0.39, 0.29) is 18.8 Å². The van der Waals surface area contributed by atoms with Crippen LogP contribution in [0.25, 0.3) is 0 Å². The van der Waals surface area contributed by atoms with Crippen molar-refractivity contribution in [3.63, 3.8) is 0 Å². The highest BCUT2D eigenvalue weighted by Crippen LogP contribution is 2.31. The molecular weight excluding hydrogens is 314 g/mol. The summed E-state index contributed by atoms with van der Waals surface area (Å²) in [6.45, 7) is 3.85. The van der Waals surface area contributed by atoms with E-state index < -0.39 is 17.8 Å². The van der Waals surface area contributed by atoms with Gasteiger partial charge in [-0.15, -0.1) is 0 Å². The van der Waals surface area contributed by atoms with Gasteiger partial charge in [-0.05, 0) is 19.4 Å². The molecule has 2 rings (SSSR count). The third-order valence-corrected chi connectivity index (χ3v) is 4.09. The van der Waals surface area contributed by atoms with E-state index in [1.54, 1.807) is 31.2 Å². The highest BCUT2D eigenvalue weighted by molar-refractivity contribution is 5.97. The Morgan fingerprint density at radius 1 is 1.08 bits per heavy atom. The summed E-state index contributed by atoms with van der Waals surface area (Å²) in [5.74, 6) is -2.25. The maximum absolute atomic E-state index is 12.6. The fraction of sp³-hybridized carbons (Fsp3) is 0.286. The molecule has 2 aromatic carbocycles. The van der Waals surface area contributed by atoms with Crippen molar-refractivity contribution in [3.8, 4) is 6.07 Å². The van der Waals surface area contributed by atoms with Gasteiger partial charge < -0.3 is 4.74 Å². The standard InChI is InChI=1S/C21H21NO3/c1-3-25-21(24)19(14-22)18(16-11-9-15(2)10-12-16)13-20(23)17-7-5-4-6-8-17/h4-12,18-19H,3,13H2,1-2H3. The van der Waals surface area contributed by atoms with E-state index in [9.17, 15) is 14.9 Å². The van der Waals surface area contributed by atoms with Crippen molar-refractivity contribution in [1.82, 2.24) is 0 Å². The minimum absolute atomic E-state index is 0.0735. The Kier molecular flexibility index (Phi) is 6.47. The molecule has 0 bridgehead atoms. The molecule has 25 heavy (non-hydrogen) atoms. The van der Waals surface area contributed by atoms with Crippen molar-refractivity contribution < 1.29 is 14.3 Å². The van der Waals surface area contributed by atoms with Crippen LogP contribution in [0, 0.1) is 24.2 Å². The summed E-state index contributed by atoms with van der Waals surface area (Å²) in [4.78, 5) is 24.9. The molecule has 0 saturated carbocycles. The predicted molar refractivity (Wildman–Crippen MR) is 95.0 cm³/mol. The Morgan fingerprint density at radius 2 is 1.72 bits per heavy atom. The molecule has 4 nitrogen and oxygen atoms in total. The van der Waals surface area contributed by atoms with Crippen LogP contribution in [0.1, 0.15) is 40.7 Å². The summed E-state index contributed by atoms with van der Waals surface area (Å²) in [7, 11) is 0. The van der Waals surface area contributed by atoms with Crippen molar-refractivity contribution in [2.24, 2.45) is 5.92 Å². The zero-order chi connectivity index (χ0) is 18.2. The van der Waals surface area contributed by atoms with Crippen LogP contribution < -0.4 is 0 Å². The van der Waals surface area contributed by atoms with Gasteiger partial charge in [0.1, 0.15) is 0 Å². The van der Waals surface area contributed by atoms with Gasteiger partial charge in [0.2, 0.25) is 0 Å². The predicted octanol–water partition coefficient (Wildman–Crippen LogP) is 4.05. The van der Waals surface area contributed by atoms with Gasteiger partial charge in [0.15, 0.2) is 11.7 Å². The number of aryl methyl sites for hydroxylation is 1. The summed E-state index contributed by atoms with van der Waals surface area (Å²) in [6, 6.07) is 18.5. The Morgan fingerprint density at radius 3 is 2.28 bits per heavy atom. The highest BCUT2D eigenvalue weighted by Gasteiger charge is 2.32. The quantitative estimate of drug-likeness (QED) is 0.565. The molecule has 0 amide bonds. The number of ketones is 1. The van der Waals surface area contributed by atoms with Gasteiger partial charge in [0, 0.05) is 17.9 Å². The number of esters is 1. The Labute approximate surface area is 148 Å². The number of rotatable bonds is 7. The van der Waals surface area contributed by atoms with E-state index in [0.29, 0.717) is 5.56 Å². The van der Waals surface area contributed by atoms with Gasteiger partial charge in [-0.1, -0.05) is 60.2 Å². The maximum atomic E-state index is 12.6. The van der Waals surface area contributed by atoms with Gasteiger partial charge in [-0.3, -0.25) is 9.59 Å². The lowest BCUT2D eigenvalue weighted by Gasteiger charge is -2.21. The highest BCUT2D eigenvalue weighted by atomic mass is 16.5. The van der Waals surface area contributed by atoms with Gasteiger partial charge in [-0.25, -0.2) is 0 Å². The molecule has 0 saturated heterocycles. The molecule has 0 aliphatic rings. The Balaban J connectivity index is 2.34. The molecule has 2 atom stereocenters. The van der Waals surface area contributed by atoms with E-state index in [1.807, 2.05) is 43.3 Å². The van der Waals surface area contributed by atoms with Crippen LogP contribution in [-0.4, -0.2) is 18.4 Å². The molecule has 0 aromatic heterocycles. The van der Waals surface area contributed by atoms with Crippen LogP contribution in [0.4, 0.5) is 0 Å². The van der Waals surface area contributed by atoms with E-state index in [0.717, 1.165) is 11.1 Å². The number of nitriles is 1. The average molecular weight is 335 g/mol. The van der Waals surface area contributed by atoms with Gasteiger partial charge >= 0.3 is 5.97 Å². The number of nitrogens with zero attached hydrogens (tertiary/aromatic N) is 1. The summed E-state index contributed by atoms with van der Waals surface area (Å²) in [5, 5.41) is 9.53. The van der Waals surface area contributed by atoms with E-state index in [1.165, 1.54) is 0 Å².